The van der Waals surface area contributed by atoms with Crippen LogP contribution >= 0.6 is 0 Å². The van der Waals surface area contributed by atoms with Gasteiger partial charge in [0.1, 0.15) is 0 Å². The van der Waals surface area contributed by atoms with Crippen molar-refractivity contribution < 1.29 is 14.3 Å². The third-order valence-electron chi connectivity index (χ3n) is 3.69. The number of carbonyl (C=O) groups excluding carboxylic acids is 2. The van der Waals surface area contributed by atoms with Crippen molar-refractivity contribution in [3.63, 3.8) is 0 Å². The van der Waals surface area contributed by atoms with Crippen LogP contribution in [0.5, 0.6) is 0 Å². The van der Waals surface area contributed by atoms with E-state index in [9.17, 15) is 9.59 Å². The van der Waals surface area contributed by atoms with Crippen molar-refractivity contribution in [1.82, 2.24) is 4.57 Å². The van der Waals surface area contributed by atoms with Gasteiger partial charge in [-0.15, -0.1) is 0 Å². The lowest BCUT2D eigenvalue weighted by Gasteiger charge is -2.06. The molecule has 0 bridgehead atoms. The number of ether oxygens (including phenoxy) is 1. The molecule has 0 spiro atoms. The maximum Gasteiger partial charge on any atom is 0.340 e. The summed E-state index contributed by atoms with van der Waals surface area (Å²) in [4.78, 5) is 24.2. The van der Waals surface area contributed by atoms with Crippen molar-refractivity contribution in [1.29, 1.82) is 0 Å². The van der Waals surface area contributed by atoms with Crippen molar-refractivity contribution in [2.45, 2.75) is 40.5 Å². The molecule has 4 nitrogen and oxygen atoms in total. The van der Waals surface area contributed by atoms with E-state index in [1.54, 1.807) is 18.4 Å². The van der Waals surface area contributed by atoms with Gasteiger partial charge < -0.3 is 4.74 Å². The largest absolute Gasteiger partial charge is 0.462 e. The third kappa shape index (κ3) is 2.58. The summed E-state index contributed by atoms with van der Waals surface area (Å²) in [5, 5.41) is 0.785. The van der Waals surface area contributed by atoms with E-state index in [4.69, 9.17) is 4.74 Å². The Morgan fingerprint density at radius 1 is 1.29 bits per heavy atom. The first-order chi connectivity index (χ1) is 9.88. The van der Waals surface area contributed by atoms with Crippen molar-refractivity contribution in [2.24, 2.45) is 0 Å². The molecule has 0 aliphatic heterocycles. The van der Waals surface area contributed by atoms with Crippen molar-refractivity contribution in [2.75, 3.05) is 6.61 Å². The standard InChI is InChI=1S/C17H21NO3/c1-6-21-17(20)16-11(4)18(12(5)19)15-8-7-13(10(2)3)9-14(15)16/h7-10H,6H2,1-5H3. The zero-order valence-corrected chi connectivity index (χ0v) is 13.2. The van der Waals surface area contributed by atoms with Gasteiger partial charge in [0.25, 0.3) is 0 Å². The van der Waals surface area contributed by atoms with Gasteiger partial charge in [-0.1, -0.05) is 19.9 Å². The minimum Gasteiger partial charge on any atom is -0.462 e. The highest BCUT2D eigenvalue weighted by atomic mass is 16.5. The van der Waals surface area contributed by atoms with Gasteiger partial charge in [0.05, 0.1) is 17.7 Å². The van der Waals surface area contributed by atoms with Crippen LogP contribution in [0, 0.1) is 6.92 Å². The van der Waals surface area contributed by atoms with Crippen molar-refractivity contribution >= 4 is 22.8 Å². The summed E-state index contributed by atoms with van der Waals surface area (Å²) < 4.78 is 6.72. The van der Waals surface area contributed by atoms with Gasteiger partial charge in [-0.25, -0.2) is 4.79 Å². The normalized spacial score (nSPS) is 11.1. The van der Waals surface area contributed by atoms with Crippen LogP contribution in [0.2, 0.25) is 0 Å². The van der Waals surface area contributed by atoms with E-state index >= 15 is 0 Å². The molecule has 0 saturated carbocycles. The third-order valence-corrected chi connectivity index (χ3v) is 3.69. The number of fused-ring (bicyclic) bond motifs is 1. The Bertz CT molecular complexity index is 710. The molecule has 1 aromatic carbocycles. The summed E-state index contributed by atoms with van der Waals surface area (Å²) in [6.07, 6.45) is 0. The number of esters is 1. The lowest BCUT2D eigenvalue weighted by molar-refractivity contribution is 0.0527. The first-order valence-electron chi connectivity index (χ1n) is 7.21. The summed E-state index contributed by atoms with van der Waals surface area (Å²) >= 11 is 0. The van der Waals surface area contributed by atoms with Crippen LogP contribution < -0.4 is 0 Å². The summed E-state index contributed by atoms with van der Waals surface area (Å²) in [5.74, 6) is -0.128. The van der Waals surface area contributed by atoms with E-state index in [2.05, 4.69) is 13.8 Å². The van der Waals surface area contributed by atoms with Gasteiger partial charge in [-0.05, 0) is 37.5 Å². The average molecular weight is 287 g/mol. The van der Waals surface area contributed by atoms with Crippen molar-refractivity contribution in [3.8, 4) is 0 Å². The molecule has 0 unspecified atom stereocenters. The number of nitrogens with zero attached hydrogens (tertiary/aromatic N) is 1. The number of carbonyl (C=O) groups is 2. The van der Waals surface area contributed by atoms with Gasteiger partial charge in [-0.3, -0.25) is 9.36 Å². The lowest BCUT2D eigenvalue weighted by Crippen LogP contribution is -2.10. The molecule has 0 amide bonds. The maximum atomic E-state index is 12.2. The van der Waals surface area contributed by atoms with Crippen molar-refractivity contribution in [3.05, 3.63) is 35.0 Å². The lowest BCUT2D eigenvalue weighted by atomic mass is 10.00. The van der Waals surface area contributed by atoms with Crippen LogP contribution in [0.15, 0.2) is 18.2 Å². The highest BCUT2D eigenvalue weighted by molar-refractivity contribution is 6.09. The van der Waals surface area contributed by atoms with Gasteiger partial charge in [-0.2, -0.15) is 0 Å². The molecule has 0 aliphatic rings. The monoisotopic (exact) mass is 287 g/mol. The van der Waals surface area contributed by atoms with Gasteiger partial charge >= 0.3 is 5.97 Å². The Kier molecular flexibility index (Phi) is 4.16. The van der Waals surface area contributed by atoms with E-state index in [1.807, 2.05) is 18.2 Å². The predicted molar refractivity (Wildman–Crippen MR) is 83.0 cm³/mol. The Morgan fingerprint density at radius 3 is 2.48 bits per heavy atom. The quantitative estimate of drug-likeness (QED) is 0.804. The minimum absolute atomic E-state index is 0.106. The first kappa shape index (κ1) is 15.3. The molecule has 0 radical (unpaired) electrons. The number of benzene rings is 1. The van der Waals surface area contributed by atoms with Gasteiger partial charge in [0, 0.05) is 18.0 Å². The zero-order valence-electron chi connectivity index (χ0n) is 13.2. The molecule has 1 heterocycles. The maximum absolute atomic E-state index is 12.2. The Morgan fingerprint density at radius 2 is 1.95 bits per heavy atom. The molecular formula is C17H21NO3. The van der Waals surface area contributed by atoms with E-state index in [0.717, 1.165) is 16.5 Å². The highest BCUT2D eigenvalue weighted by Gasteiger charge is 2.23. The van der Waals surface area contributed by atoms with Crippen LogP contribution in [0.3, 0.4) is 0 Å². The fraction of sp³-hybridized carbons (Fsp3) is 0.412. The Balaban J connectivity index is 2.80. The molecule has 0 atom stereocenters. The highest BCUT2D eigenvalue weighted by Crippen LogP contribution is 2.29. The average Bonchev–Trinajstić information content (AvgIpc) is 2.69. The van der Waals surface area contributed by atoms with Crippen LogP contribution in [0.1, 0.15) is 60.0 Å². The summed E-state index contributed by atoms with van der Waals surface area (Å²) in [6, 6.07) is 5.89. The fourth-order valence-electron chi connectivity index (χ4n) is 2.66. The smallest absolute Gasteiger partial charge is 0.340 e. The molecular weight excluding hydrogens is 266 g/mol. The van der Waals surface area contributed by atoms with Gasteiger partial charge in [0.2, 0.25) is 5.91 Å². The zero-order chi connectivity index (χ0) is 15.7. The number of hydrogen-bond acceptors (Lipinski definition) is 3. The van der Waals surface area contributed by atoms with Crippen LogP contribution in [-0.2, 0) is 4.74 Å². The molecule has 4 heteroatoms. The molecule has 0 fully saturated rings. The van der Waals surface area contributed by atoms with E-state index in [0.29, 0.717) is 23.8 Å². The second-order valence-electron chi connectivity index (χ2n) is 5.47. The predicted octanol–water partition coefficient (Wildman–Crippen LogP) is 3.91. The van der Waals surface area contributed by atoms with E-state index in [-0.39, 0.29) is 11.9 Å². The van der Waals surface area contributed by atoms with E-state index in [1.165, 1.54) is 6.92 Å². The molecule has 1 aromatic heterocycles. The SMILES string of the molecule is CCOC(=O)c1c(C)n(C(C)=O)c2ccc(C(C)C)cc12. The van der Waals surface area contributed by atoms with Crippen LogP contribution in [0.4, 0.5) is 0 Å². The molecule has 2 rings (SSSR count). The molecule has 2 aromatic rings. The number of hydrogen-bond donors (Lipinski definition) is 0. The summed E-state index contributed by atoms with van der Waals surface area (Å²) in [6.45, 7) is 9.56. The Labute approximate surface area is 124 Å². The molecule has 112 valence electrons. The van der Waals surface area contributed by atoms with Crippen LogP contribution in [0.25, 0.3) is 10.9 Å². The molecule has 0 N–H and O–H groups in total. The topological polar surface area (TPSA) is 48.3 Å². The second kappa shape index (κ2) is 5.72. The molecule has 0 saturated heterocycles. The minimum atomic E-state index is -0.374. The second-order valence-corrected chi connectivity index (χ2v) is 5.47. The molecule has 21 heavy (non-hydrogen) atoms. The summed E-state index contributed by atoms with van der Waals surface area (Å²) in [5.41, 5.74) is 3.02. The number of aromatic nitrogens is 1. The van der Waals surface area contributed by atoms with Crippen LogP contribution in [-0.4, -0.2) is 23.1 Å². The van der Waals surface area contributed by atoms with Gasteiger partial charge in [0.15, 0.2) is 0 Å². The number of rotatable bonds is 3. The summed E-state index contributed by atoms with van der Waals surface area (Å²) in [7, 11) is 0. The Hall–Kier alpha value is -2.10. The van der Waals surface area contributed by atoms with E-state index < -0.39 is 0 Å². The fourth-order valence-corrected chi connectivity index (χ4v) is 2.66. The molecule has 0 aliphatic carbocycles. The first-order valence-corrected chi connectivity index (χ1v) is 7.21.